The van der Waals surface area contributed by atoms with Crippen molar-refractivity contribution in [2.45, 2.75) is 0 Å². The van der Waals surface area contributed by atoms with Crippen molar-refractivity contribution < 1.29 is 13.9 Å². The van der Waals surface area contributed by atoms with E-state index in [0.717, 1.165) is 0 Å². The van der Waals surface area contributed by atoms with Gasteiger partial charge in [-0.25, -0.2) is 4.39 Å². The van der Waals surface area contributed by atoms with Gasteiger partial charge in [0, 0.05) is 10.5 Å². The quantitative estimate of drug-likeness (QED) is 0.872. The van der Waals surface area contributed by atoms with E-state index in [1.54, 1.807) is 24.3 Å². The van der Waals surface area contributed by atoms with Gasteiger partial charge in [0.25, 0.3) is 0 Å². The summed E-state index contributed by atoms with van der Waals surface area (Å²) in [6, 6.07) is 9.45. The number of para-hydroxylation sites is 1. The lowest BCUT2D eigenvalue weighted by Gasteiger charge is -2.11. The Morgan fingerprint density at radius 1 is 1.17 bits per heavy atom. The van der Waals surface area contributed by atoms with Gasteiger partial charge in [-0.15, -0.1) is 0 Å². The molecule has 3 nitrogen and oxygen atoms in total. The Balaban J connectivity index is 2.34. The van der Waals surface area contributed by atoms with Crippen molar-refractivity contribution in [1.82, 2.24) is 0 Å². The van der Waals surface area contributed by atoms with Crippen molar-refractivity contribution in [2.75, 3.05) is 12.8 Å². The monoisotopic (exact) mass is 311 g/mol. The lowest BCUT2D eigenvalue weighted by molar-refractivity contribution is 0.412. The predicted molar refractivity (Wildman–Crippen MR) is 71.6 cm³/mol. The predicted octanol–water partition coefficient (Wildman–Crippen LogP) is 3.97. The molecule has 0 aliphatic rings. The molecular weight excluding hydrogens is 301 g/mol. The Bertz CT molecular complexity index is 555. The van der Waals surface area contributed by atoms with Gasteiger partial charge >= 0.3 is 0 Å². The molecule has 0 radical (unpaired) electrons. The number of nitrogens with two attached hydrogens (primary N) is 1. The maximum atomic E-state index is 13.2. The zero-order valence-corrected chi connectivity index (χ0v) is 11.2. The Labute approximate surface area is 112 Å². The fourth-order valence-electron chi connectivity index (χ4n) is 1.51. The molecule has 2 aromatic rings. The molecule has 0 unspecified atom stereocenters. The number of benzene rings is 2. The van der Waals surface area contributed by atoms with Crippen molar-refractivity contribution in [3.8, 4) is 17.2 Å². The van der Waals surface area contributed by atoms with Crippen molar-refractivity contribution in [2.24, 2.45) is 0 Å². The van der Waals surface area contributed by atoms with Crippen molar-refractivity contribution >= 4 is 21.6 Å². The van der Waals surface area contributed by atoms with Crippen LogP contribution in [0, 0.1) is 5.82 Å². The van der Waals surface area contributed by atoms with Gasteiger partial charge in [-0.05, 0) is 24.3 Å². The summed E-state index contributed by atoms with van der Waals surface area (Å²) in [5.74, 6) is 0.914. The largest absolute Gasteiger partial charge is 0.494 e. The number of hydrogen-bond acceptors (Lipinski definition) is 3. The van der Waals surface area contributed by atoms with E-state index in [9.17, 15) is 4.39 Å². The molecule has 0 fully saturated rings. The van der Waals surface area contributed by atoms with Crippen LogP contribution in [0.15, 0.2) is 40.9 Å². The van der Waals surface area contributed by atoms with E-state index in [-0.39, 0.29) is 5.82 Å². The normalized spacial score (nSPS) is 10.2. The molecule has 0 spiro atoms. The van der Waals surface area contributed by atoms with Gasteiger partial charge in [-0.1, -0.05) is 22.0 Å². The van der Waals surface area contributed by atoms with Gasteiger partial charge in [-0.3, -0.25) is 0 Å². The van der Waals surface area contributed by atoms with Crippen LogP contribution in [0.4, 0.5) is 10.1 Å². The third-order valence-corrected chi connectivity index (χ3v) is 2.77. The highest BCUT2D eigenvalue weighted by Gasteiger charge is 2.08. The van der Waals surface area contributed by atoms with Crippen LogP contribution in [0.25, 0.3) is 0 Å². The van der Waals surface area contributed by atoms with E-state index in [0.29, 0.717) is 27.4 Å². The van der Waals surface area contributed by atoms with E-state index >= 15 is 0 Å². The summed E-state index contributed by atoms with van der Waals surface area (Å²) in [6.07, 6.45) is 0. The summed E-state index contributed by atoms with van der Waals surface area (Å²) in [4.78, 5) is 0. The molecule has 0 aliphatic heterocycles. The molecule has 0 bridgehead atoms. The summed E-state index contributed by atoms with van der Waals surface area (Å²) in [7, 11) is 1.52. The maximum absolute atomic E-state index is 13.2. The van der Waals surface area contributed by atoms with Gasteiger partial charge in [0.15, 0.2) is 5.75 Å². The third-order valence-electron chi connectivity index (χ3n) is 2.31. The summed E-state index contributed by atoms with van der Waals surface area (Å²) in [5.41, 5.74) is 6.24. The minimum absolute atomic E-state index is 0.363. The fourth-order valence-corrected chi connectivity index (χ4v) is 1.95. The Hall–Kier alpha value is -1.75. The first kappa shape index (κ1) is 12.7. The molecule has 0 amide bonds. The molecule has 0 atom stereocenters. The number of anilines is 1. The number of rotatable bonds is 3. The number of nitrogen functional groups attached to an aromatic ring is 1. The van der Waals surface area contributed by atoms with Crippen LogP contribution >= 0.6 is 15.9 Å². The van der Waals surface area contributed by atoms with Crippen LogP contribution in [0.2, 0.25) is 0 Å². The van der Waals surface area contributed by atoms with Gasteiger partial charge in [-0.2, -0.15) is 0 Å². The standard InChI is InChI=1S/C13H11BrFNO2/c1-17-11-3-2-4-12(13(11)16)18-10-6-8(14)5-9(15)7-10/h2-7H,16H2,1H3. The molecule has 18 heavy (non-hydrogen) atoms. The van der Waals surface area contributed by atoms with Gasteiger partial charge < -0.3 is 15.2 Å². The second-order valence-corrected chi connectivity index (χ2v) is 4.49. The Morgan fingerprint density at radius 2 is 1.89 bits per heavy atom. The molecule has 0 aliphatic carbocycles. The SMILES string of the molecule is COc1cccc(Oc2cc(F)cc(Br)c2)c1N. The Kier molecular flexibility index (Phi) is 3.72. The number of hydrogen-bond donors (Lipinski definition) is 1. The van der Waals surface area contributed by atoms with Crippen LogP contribution in [0.1, 0.15) is 0 Å². The van der Waals surface area contributed by atoms with Crippen LogP contribution in [0.3, 0.4) is 0 Å². The van der Waals surface area contributed by atoms with Crippen LogP contribution in [-0.4, -0.2) is 7.11 Å². The summed E-state index contributed by atoms with van der Waals surface area (Å²) < 4.78 is 24.4. The summed E-state index contributed by atoms with van der Waals surface area (Å²) in [6.45, 7) is 0. The topological polar surface area (TPSA) is 44.5 Å². The second-order valence-electron chi connectivity index (χ2n) is 3.58. The first-order valence-electron chi connectivity index (χ1n) is 5.16. The molecular formula is C13H11BrFNO2. The van der Waals surface area contributed by atoms with Gasteiger partial charge in [0.1, 0.15) is 23.0 Å². The van der Waals surface area contributed by atoms with E-state index in [2.05, 4.69) is 15.9 Å². The number of methoxy groups -OCH3 is 1. The molecule has 0 saturated carbocycles. The molecule has 0 heterocycles. The lowest BCUT2D eigenvalue weighted by atomic mass is 10.2. The number of ether oxygens (including phenoxy) is 2. The van der Waals surface area contributed by atoms with Crippen LogP contribution in [0.5, 0.6) is 17.2 Å². The van der Waals surface area contributed by atoms with E-state index < -0.39 is 0 Å². The smallest absolute Gasteiger partial charge is 0.154 e. The highest BCUT2D eigenvalue weighted by molar-refractivity contribution is 9.10. The average Bonchev–Trinajstić information content (AvgIpc) is 2.30. The molecule has 2 aromatic carbocycles. The first-order valence-corrected chi connectivity index (χ1v) is 5.96. The zero-order chi connectivity index (χ0) is 13.1. The average molecular weight is 312 g/mol. The molecule has 0 saturated heterocycles. The van der Waals surface area contributed by atoms with Crippen LogP contribution < -0.4 is 15.2 Å². The minimum atomic E-state index is -0.388. The second kappa shape index (κ2) is 5.27. The van der Waals surface area contributed by atoms with E-state index in [1.165, 1.54) is 19.2 Å². The van der Waals surface area contributed by atoms with Crippen LogP contribution in [-0.2, 0) is 0 Å². The number of halogens is 2. The molecule has 5 heteroatoms. The first-order chi connectivity index (χ1) is 8.60. The van der Waals surface area contributed by atoms with Gasteiger partial charge in [0.2, 0.25) is 0 Å². The lowest BCUT2D eigenvalue weighted by Crippen LogP contribution is -1.96. The molecule has 2 N–H and O–H groups in total. The summed E-state index contributed by atoms with van der Waals surface area (Å²) >= 11 is 3.20. The summed E-state index contributed by atoms with van der Waals surface area (Å²) in [5, 5.41) is 0. The van der Waals surface area contributed by atoms with Gasteiger partial charge in [0.05, 0.1) is 7.11 Å². The molecule has 0 aromatic heterocycles. The highest BCUT2D eigenvalue weighted by Crippen LogP contribution is 2.35. The minimum Gasteiger partial charge on any atom is -0.494 e. The maximum Gasteiger partial charge on any atom is 0.154 e. The van der Waals surface area contributed by atoms with E-state index in [1.807, 2.05) is 0 Å². The van der Waals surface area contributed by atoms with E-state index in [4.69, 9.17) is 15.2 Å². The fraction of sp³-hybridized carbons (Fsp3) is 0.0769. The zero-order valence-electron chi connectivity index (χ0n) is 9.61. The van der Waals surface area contributed by atoms with Crippen molar-refractivity contribution in [3.05, 3.63) is 46.7 Å². The Morgan fingerprint density at radius 3 is 2.56 bits per heavy atom. The highest BCUT2D eigenvalue weighted by atomic mass is 79.9. The molecule has 94 valence electrons. The van der Waals surface area contributed by atoms with Crippen molar-refractivity contribution in [3.63, 3.8) is 0 Å². The van der Waals surface area contributed by atoms with Crippen molar-refractivity contribution in [1.29, 1.82) is 0 Å². The third kappa shape index (κ3) is 2.73. The molecule has 2 rings (SSSR count).